The van der Waals surface area contributed by atoms with Gasteiger partial charge in [0.2, 0.25) is 0 Å². The fourth-order valence-electron chi connectivity index (χ4n) is 2.73. The highest BCUT2D eigenvalue weighted by atomic mass is 79.9. The molecule has 0 bridgehead atoms. The second-order valence-corrected chi connectivity index (χ2v) is 14.1. The van der Waals surface area contributed by atoms with Crippen molar-refractivity contribution in [2.45, 2.75) is 64.3 Å². The first-order valence-corrected chi connectivity index (χ1v) is 13.1. The molecule has 0 aliphatic heterocycles. The van der Waals surface area contributed by atoms with Gasteiger partial charge in [-0.2, -0.15) is 0 Å². The maximum atomic E-state index is 11.3. The quantitative estimate of drug-likeness (QED) is 0.281. The van der Waals surface area contributed by atoms with Crippen LogP contribution in [0.25, 0.3) is 0 Å². The van der Waals surface area contributed by atoms with E-state index in [0.717, 1.165) is 25.5 Å². The Morgan fingerprint density at radius 3 is 2.59 bits per heavy atom. The minimum atomic E-state index is -1.83. The molecule has 0 spiro atoms. The van der Waals surface area contributed by atoms with E-state index in [2.05, 4.69) is 55.9 Å². The Balaban J connectivity index is 2.22. The van der Waals surface area contributed by atoms with Crippen molar-refractivity contribution in [2.24, 2.45) is 0 Å². The molecule has 2 rings (SSSR count). The lowest BCUT2D eigenvalue weighted by Crippen LogP contribution is -2.42. The van der Waals surface area contributed by atoms with Gasteiger partial charge in [-0.3, -0.25) is 4.79 Å². The SMILES string of the molecule is COc1ccc(C=O)c(Br)c1O[C@@H]1CCCC=C1CO[Si](C)(C)C(C)(C)C. The predicted molar refractivity (Wildman–Crippen MR) is 116 cm³/mol. The number of ether oxygens (including phenoxy) is 2. The minimum Gasteiger partial charge on any atom is -0.493 e. The maximum Gasteiger partial charge on any atom is 0.192 e. The van der Waals surface area contributed by atoms with Crippen molar-refractivity contribution in [3.63, 3.8) is 0 Å². The Kier molecular flexibility index (Phi) is 7.33. The van der Waals surface area contributed by atoms with E-state index in [1.54, 1.807) is 19.2 Å². The fourth-order valence-corrected chi connectivity index (χ4v) is 4.21. The van der Waals surface area contributed by atoms with Crippen LogP contribution in [0.3, 0.4) is 0 Å². The molecule has 0 N–H and O–H groups in total. The average molecular weight is 455 g/mol. The van der Waals surface area contributed by atoms with E-state index >= 15 is 0 Å². The van der Waals surface area contributed by atoms with E-state index in [9.17, 15) is 4.79 Å². The third kappa shape index (κ3) is 5.24. The molecule has 27 heavy (non-hydrogen) atoms. The van der Waals surface area contributed by atoms with Crippen molar-refractivity contribution in [2.75, 3.05) is 13.7 Å². The summed E-state index contributed by atoms with van der Waals surface area (Å²) in [5, 5.41) is 0.170. The number of halogens is 1. The van der Waals surface area contributed by atoms with Gasteiger partial charge < -0.3 is 13.9 Å². The van der Waals surface area contributed by atoms with E-state index < -0.39 is 8.32 Å². The summed E-state index contributed by atoms with van der Waals surface area (Å²) in [5.41, 5.74) is 1.72. The summed E-state index contributed by atoms with van der Waals surface area (Å²) in [4.78, 5) is 11.3. The number of benzene rings is 1. The van der Waals surface area contributed by atoms with Crippen molar-refractivity contribution in [3.05, 3.63) is 33.8 Å². The number of rotatable bonds is 7. The van der Waals surface area contributed by atoms with E-state index in [0.29, 0.717) is 28.1 Å². The molecule has 0 heterocycles. The van der Waals surface area contributed by atoms with Gasteiger partial charge in [0.25, 0.3) is 0 Å². The highest BCUT2D eigenvalue weighted by Gasteiger charge is 2.38. The van der Waals surface area contributed by atoms with Crippen LogP contribution < -0.4 is 9.47 Å². The number of hydrogen-bond donors (Lipinski definition) is 0. The zero-order valence-electron chi connectivity index (χ0n) is 17.2. The summed E-state index contributed by atoms with van der Waals surface area (Å²) in [6.45, 7) is 11.9. The second-order valence-electron chi connectivity index (χ2n) is 8.48. The van der Waals surface area contributed by atoms with Gasteiger partial charge >= 0.3 is 0 Å². The molecule has 0 aromatic heterocycles. The van der Waals surface area contributed by atoms with Gasteiger partial charge in [0.05, 0.1) is 18.2 Å². The van der Waals surface area contributed by atoms with Crippen LogP contribution in [-0.4, -0.2) is 34.4 Å². The van der Waals surface area contributed by atoms with Crippen molar-refractivity contribution < 1.29 is 18.7 Å². The molecule has 1 atom stereocenters. The second kappa shape index (κ2) is 8.93. The predicted octanol–water partition coefficient (Wildman–Crippen LogP) is 6.15. The van der Waals surface area contributed by atoms with Crippen LogP contribution in [0.5, 0.6) is 11.5 Å². The molecule has 4 nitrogen and oxygen atoms in total. The Bertz CT molecular complexity index is 707. The molecule has 6 heteroatoms. The normalized spacial score (nSPS) is 18.0. The van der Waals surface area contributed by atoms with Crippen LogP contribution in [-0.2, 0) is 4.43 Å². The summed E-state index contributed by atoms with van der Waals surface area (Å²) in [6.07, 6.45) is 6.02. The average Bonchev–Trinajstić information content (AvgIpc) is 2.61. The minimum absolute atomic E-state index is 0.0735. The van der Waals surface area contributed by atoms with Crippen LogP contribution in [0.15, 0.2) is 28.3 Å². The van der Waals surface area contributed by atoms with Gasteiger partial charge in [0, 0.05) is 5.56 Å². The number of methoxy groups -OCH3 is 1. The van der Waals surface area contributed by atoms with Gasteiger partial charge in [0.1, 0.15) is 6.10 Å². The summed E-state index contributed by atoms with van der Waals surface area (Å²) in [5.74, 6) is 1.19. The molecule has 0 saturated carbocycles. The first-order valence-electron chi connectivity index (χ1n) is 9.42. The third-order valence-corrected chi connectivity index (χ3v) is 10.9. The Labute approximate surface area is 172 Å². The molecule has 0 fully saturated rings. The standard InChI is InChI=1S/C21H31BrO4Si/c1-21(2,3)27(5,6)25-14-16-9-7-8-10-17(16)26-20-18(24-4)12-11-15(13-23)19(20)22/h9,11-13,17H,7-8,10,14H2,1-6H3/t17-/m1/s1. The number of hydrogen-bond acceptors (Lipinski definition) is 4. The van der Waals surface area contributed by atoms with Gasteiger partial charge in [0.15, 0.2) is 26.1 Å². The van der Waals surface area contributed by atoms with Crippen LogP contribution in [0.1, 0.15) is 50.4 Å². The topological polar surface area (TPSA) is 44.8 Å². The molecule has 0 radical (unpaired) electrons. The van der Waals surface area contributed by atoms with Crippen LogP contribution in [0.2, 0.25) is 18.1 Å². The van der Waals surface area contributed by atoms with Gasteiger partial charge in [-0.05, 0) is 71.0 Å². The van der Waals surface area contributed by atoms with E-state index in [1.165, 1.54) is 5.57 Å². The van der Waals surface area contributed by atoms with Crippen molar-refractivity contribution >= 4 is 30.5 Å². The summed E-state index contributed by atoms with van der Waals surface area (Å²) in [7, 11) is -0.226. The van der Waals surface area contributed by atoms with Crippen molar-refractivity contribution in [1.29, 1.82) is 0 Å². The molecular formula is C21H31BrO4Si. The molecule has 150 valence electrons. The van der Waals surface area contributed by atoms with Gasteiger partial charge in [-0.15, -0.1) is 0 Å². The Morgan fingerprint density at radius 2 is 2.00 bits per heavy atom. The molecule has 0 unspecified atom stereocenters. The number of carbonyl (C=O) groups is 1. The lowest BCUT2D eigenvalue weighted by atomic mass is 9.97. The number of aldehydes is 1. The van der Waals surface area contributed by atoms with E-state index in [4.69, 9.17) is 13.9 Å². The zero-order valence-corrected chi connectivity index (χ0v) is 19.8. The van der Waals surface area contributed by atoms with Crippen LogP contribution >= 0.6 is 15.9 Å². The Hall–Kier alpha value is -1.11. The first-order chi connectivity index (χ1) is 12.6. The molecule has 1 aromatic carbocycles. The lowest BCUT2D eigenvalue weighted by Gasteiger charge is -2.37. The smallest absolute Gasteiger partial charge is 0.192 e. The van der Waals surface area contributed by atoms with Crippen molar-refractivity contribution in [3.8, 4) is 11.5 Å². The third-order valence-electron chi connectivity index (χ3n) is 5.59. The molecule has 0 amide bonds. The highest BCUT2D eigenvalue weighted by Crippen LogP contribution is 2.40. The fraction of sp³-hybridized carbons (Fsp3) is 0.571. The molecule has 1 aliphatic rings. The van der Waals surface area contributed by atoms with Gasteiger partial charge in [-0.25, -0.2) is 0 Å². The molecule has 1 aliphatic carbocycles. The number of carbonyl (C=O) groups excluding carboxylic acids is 1. The first kappa shape index (κ1) is 22.2. The van der Waals surface area contributed by atoms with Crippen LogP contribution in [0.4, 0.5) is 0 Å². The molecular weight excluding hydrogens is 424 g/mol. The maximum absolute atomic E-state index is 11.3. The molecule has 0 saturated heterocycles. The lowest BCUT2D eigenvalue weighted by molar-refractivity contribution is 0.112. The van der Waals surface area contributed by atoms with E-state index in [1.807, 2.05) is 0 Å². The largest absolute Gasteiger partial charge is 0.493 e. The monoisotopic (exact) mass is 454 g/mol. The molecule has 1 aromatic rings. The summed E-state index contributed by atoms with van der Waals surface area (Å²) < 4.78 is 18.9. The van der Waals surface area contributed by atoms with E-state index in [-0.39, 0.29) is 11.1 Å². The Morgan fingerprint density at radius 1 is 1.30 bits per heavy atom. The highest BCUT2D eigenvalue weighted by molar-refractivity contribution is 9.10. The van der Waals surface area contributed by atoms with Gasteiger partial charge in [-0.1, -0.05) is 26.8 Å². The van der Waals surface area contributed by atoms with Crippen molar-refractivity contribution in [1.82, 2.24) is 0 Å². The van der Waals surface area contributed by atoms with Crippen LogP contribution in [0, 0.1) is 0 Å². The zero-order chi connectivity index (χ0) is 20.2. The summed E-state index contributed by atoms with van der Waals surface area (Å²) >= 11 is 3.50. The summed E-state index contributed by atoms with van der Waals surface area (Å²) in [6, 6.07) is 3.49. The number of allylic oxidation sites excluding steroid dienone is 1.